The van der Waals surface area contributed by atoms with Crippen molar-refractivity contribution in [3.8, 4) is 0 Å². The Morgan fingerprint density at radius 1 is 1.22 bits per heavy atom. The number of β-amino-alcohol motifs (C(OH)–C–C–N with tert-alkyl or cyclic N) is 1. The average molecular weight is 319 g/mol. The van der Waals surface area contributed by atoms with Crippen molar-refractivity contribution < 1.29 is 9.50 Å². The van der Waals surface area contributed by atoms with Crippen LogP contribution in [0.4, 0.5) is 4.39 Å². The van der Waals surface area contributed by atoms with Crippen LogP contribution < -0.4 is 11.3 Å². The van der Waals surface area contributed by atoms with Gasteiger partial charge >= 0.3 is 0 Å². The summed E-state index contributed by atoms with van der Waals surface area (Å²) in [6, 6.07) is 7.68. The Balaban J connectivity index is 1.80. The molecule has 0 radical (unpaired) electrons. The Morgan fingerprint density at radius 2 is 2.00 bits per heavy atom. The van der Waals surface area contributed by atoms with Crippen molar-refractivity contribution in [2.75, 3.05) is 26.2 Å². The van der Waals surface area contributed by atoms with Crippen LogP contribution in [0, 0.1) is 11.7 Å². The predicted molar refractivity (Wildman–Crippen MR) is 87.8 cm³/mol. The third-order valence-electron chi connectivity index (χ3n) is 4.52. The maximum absolute atomic E-state index is 13.5. The molecule has 23 heavy (non-hydrogen) atoms. The molecular weight excluding hydrogens is 297 g/mol. The SMILES string of the molecule is NC[C@H]1C[C@@H](O)CN(CCn2c(=O)ccc3ccc(F)cc32)C1. The molecule has 1 aliphatic rings. The summed E-state index contributed by atoms with van der Waals surface area (Å²) in [6.45, 7) is 3.05. The third-order valence-corrected chi connectivity index (χ3v) is 4.52. The first kappa shape index (κ1) is 16.1. The van der Waals surface area contributed by atoms with E-state index in [1.807, 2.05) is 0 Å². The lowest BCUT2D eigenvalue weighted by Gasteiger charge is -2.35. The Hall–Kier alpha value is -1.76. The first-order valence-electron chi connectivity index (χ1n) is 7.96. The molecule has 0 unspecified atom stereocenters. The van der Waals surface area contributed by atoms with Gasteiger partial charge in [0.2, 0.25) is 0 Å². The van der Waals surface area contributed by atoms with Crippen molar-refractivity contribution in [1.82, 2.24) is 9.47 Å². The zero-order valence-electron chi connectivity index (χ0n) is 13.0. The number of benzene rings is 1. The molecule has 2 atom stereocenters. The van der Waals surface area contributed by atoms with E-state index in [9.17, 15) is 14.3 Å². The number of likely N-dealkylation sites (tertiary alicyclic amines) is 1. The minimum absolute atomic E-state index is 0.143. The van der Waals surface area contributed by atoms with Crippen molar-refractivity contribution in [3.05, 3.63) is 46.5 Å². The monoisotopic (exact) mass is 319 g/mol. The van der Waals surface area contributed by atoms with Gasteiger partial charge in [0, 0.05) is 32.2 Å². The zero-order chi connectivity index (χ0) is 16.4. The summed E-state index contributed by atoms with van der Waals surface area (Å²) in [4.78, 5) is 14.3. The van der Waals surface area contributed by atoms with E-state index in [4.69, 9.17) is 5.73 Å². The molecule has 3 N–H and O–H groups in total. The summed E-state index contributed by atoms with van der Waals surface area (Å²) in [5, 5.41) is 10.8. The van der Waals surface area contributed by atoms with E-state index in [0.29, 0.717) is 31.7 Å². The van der Waals surface area contributed by atoms with Crippen molar-refractivity contribution in [2.24, 2.45) is 11.7 Å². The highest BCUT2D eigenvalue weighted by atomic mass is 19.1. The Bertz CT molecular complexity index is 746. The minimum atomic E-state index is -0.376. The fourth-order valence-electron chi connectivity index (χ4n) is 3.36. The van der Waals surface area contributed by atoms with Crippen molar-refractivity contribution in [1.29, 1.82) is 0 Å². The van der Waals surface area contributed by atoms with E-state index in [1.54, 1.807) is 16.7 Å². The van der Waals surface area contributed by atoms with Crippen LogP contribution in [0.25, 0.3) is 10.9 Å². The van der Waals surface area contributed by atoms with Crippen molar-refractivity contribution in [3.63, 3.8) is 0 Å². The van der Waals surface area contributed by atoms with Gasteiger partial charge in [0.15, 0.2) is 0 Å². The lowest BCUT2D eigenvalue weighted by molar-refractivity contribution is 0.0405. The standard InChI is InChI=1S/C17H22FN3O2/c18-14-3-1-13-2-4-17(23)21(16(13)8-14)6-5-20-10-12(9-19)7-15(22)11-20/h1-4,8,12,15,22H,5-7,9-11,19H2/t12-,15-/m1/s1. The van der Waals surface area contributed by atoms with Crippen LogP contribution >= 0.6 is 0 Å². The molecule has 1 saturated heterocycles. The van der Waals surface area contributed by atoms with E-state index in [1.165, 1.54) is 18.2 Å². The Morgan fingerprint density at radius 3 is 2.78 bits per heavy atom. The molecule has 2 heterocycles. The Kier molecular flexibility index (Phi) is 4.75. The largest absolute Gasteiger partial charge is 0.392 e. The van der Waals surface area contributed by atoms with Crippen LogP contribution in [0.2, 0.25) is 0 Å². The van der Waals surface area contributed by atoms with Crippen LogP contribution in [0.15, 0.2) is 35.1 Å². The molecule has 124 valence electrons. The topological polar surface area (TPSA) is 71.5 Å². The molecule has 1 aromatic heterocycles. The maximum Gasteiger partial charge on any atom is 0.251 e. The molecule has 0 bridgehead atoms. The fourth-order valence-corrected chi connectivity index (χ4v) is 3.36. The highest BCUT2D eigenvalue weighted by Gasteiger charge is 2.24. The number of hydrogen-bond acceptors (Lipinski definition) is 4. The molecule has 0 aliphatic carbocycles. The fraction of sp³-hybridized carbons (Fsp3) is 0.471. The summed E-state index contributed by atoms with van der Waals surface area (Å²) < 4.78 is 15.1. The van der Waals surface area contributed by atoms with Gasteiger partial charge in [0.05, 0.1) is 11.6 Å². The predicted octanol–water partition coefficient (Wildman–Crippen LogP) is 0.782. The smallest absolute Gasteiger partial charge is 0.251 e. The number of piperidine rings is 1. The van der Waals surface area contributed by atoms with Gasteiger partial charge in [-0.1, -0.05) is 0 Å². The van der Waals surface area contributed by atoms with Gasteiger partial charge < -0.3 is 15.4 Å². The molecule has 6 heteroatoms. The quantitative estimate of drug-likeness (QED) is 0.874. The highest BCUT2D eigenvalue weighted by molar-refractivity contribution is 5.78. The van der Waals surface area contributed by atoms with Crippen LogP contribution in [-0.2, 0) is 6.54 Å². The molecule has 1 aromatic carbocycles. The summed E-state index contributed by atoms with van der Waals surface area (Å²) in [5.74, 6) is -0.0751. The number of aliphatic hydroxyl groups excluding tert-OH is 1. The van der Waals surface area contributed by atoms with Crippen LogP contribution in [0.5, 0.6) is 0 Å². The number of nitrogens with zero attached hydrogens (tertiary/aromatic N) is 2. The second-order valence-corrected chi connectivity index (χ2v) is 6.28. The molecule has 1 aliphatic heterocycles. The van der Waals surface area contributed by atoms with E-state index in [2.05, 4.69) is 4.90 Å². The Labute approximate surface area is 134 Å². The van der Waals surface area contributed by atoms with Gasteiger partial charge in [-0.2, -0.15) is 0 Å². The molecule has 0 saturated carbocycles. The number of aromatic nitrogens is 1. The van der Waals surface area contributed by atoms with Crippen LogP contribution in [-0.4, -0.2) is 46.9 Å². The summed E-state index contributed by atoms with van der Waals surface area (Å²) >= 11 is 0. The first-order valence-corrected chi connectivity index (χ1v) is 7.96. The summed E-state index contributed by atoms with van der Waals surface area (Å²) in [6.07, 6.45) is 0.353. The van der Waals surface area contributed by atoms with E-state index in [-0.39, 0.29) is 23.4 Å². The second kappa shape index (κ2) is 6.78. The molecule has 1 fully saturated rings. The molecule has 3 rings (SSSR count). The van der Waals surface area contributed by atoms with E-state index < -0.39 is 0 Å². The molecular formula is C17H22FN3O2. The van der Waals surface area contributed by atoms with Gasteiger partial charge in [0.25, 0.3) is 5.56 Å². The number of pyridine rings is 1. The average Bonchev–Trinajstić information content (AvgIpc) is 2.53. The van der Waals surface area contributed by atoms with E-state index >= 15 is 0 Å². The molecule has 0 spiro atoms. The first-order chi connectivity index (χ1) is 11.1. The van der Waals surface area contributed by atoms with E-state index in [0.717, 1.165) is 18.4 Å². The van der Waals surface area contributed by atoms with Crippen LogP contribution in [0.1, 0.15) is 6.42 Å². The summed E-state index contributed by atoms with van der Waals surface area (Å²) in [7, 11) is 0. The zero-order valence-corrected chi connectivity index (χ0v) is 13.0. The van der Waals surface area contributed by atoms with Gasteiger partial charge in [-0.25, -0.2) is 4.39 Å². The normalized spacial score (nSPS) is 22.6. The number of nitrogens with two attached hydrogens (primary N) is 1. The molecule has 5 nitrogen and oxygen atoms in total. The number of fused-ring (bicyclic) bond motifs is 1. The van der Waals surface area contributed by atoms with Crippen LogP contribution in [0.3, 0.4) is 0 Å². The van der Waals surface area contributed by atoms with Crippen molar-refractivity contribution >= 4 is 10.9 Å². The third kappa shape index (κ3) is 3.60. The second-order valence-electron chi connectivity index (χ2n) is 6.28. The molecule has 2 aromatic rings. The minimum Gasteiger partial charge on any atom is -0.392 e. The molecule has 0 amide bonds. The van der Waals surface area contributed by atoms with Crippen molar-refractivity contribution in [2.45, 2.75) is 19.1 Å². The maximum atomic E-state index is 13.5. The lowest BCUT2D eigenvalue weighted by atomic mass is 9.96. The number of halogens is 1. The number of hydrogen-bond donors (Lipinski definition) is 2. The van der Waals surface area contributed by atoms with Gasteiger partial charge in [-0.3, -0.25) is 9.69 Å². The summed E-state index contributed by atoms with van der Waals surface area (Å²) in [5.41, 5.74) is 6.18. The lowest BCUT2D eigenvalue weighted by Crippen LogP contribution is -2.46. The van der Waals surface area contributed by atoms with Gasteiger partial charge in [-0.05, 0) is 48.5 Å². The highest BCUT2D eigenvalue weighted by Crippen LogP contribution is 2.17. The number of rotatable bonds is 4. The van der Waals surface area contributed by atoms with Gasteiger partial charge in [0.1, 0.15) is 5.82 Å². The number of aliphatic hydroxyl groups is 1. The van der Waals surface area contributed by atoms with Gasteiger partial charge in [-0.15, -0.1) is 0 Å².